The summed E-state index contributed by atoms with van der Waals surface area (Å²) in [6, 6.07) is 4.72. The normalized spacial score (nSPS) is 11.2. The van der Waals surface area contributed by atoms with Gasteiger partial charge in [-0.25, -0.2) is 8.42 Å². The van der Waals surface area contributed by atoms with Crippen LogP contribution in [0.3, 0.4) is 0 Å². The minimum atomic E-state index is -3.39. The summed E-state index contributed by atoms with van der Waals surface area (Å²) in [6.07, 6.45) is 5.33. The minimum Gasteiger partial charge on any atom is -0.491 e. The Labute approximate surface area is 126 Å². The number of sulfonamides is 1. The molecule has 0 saturated heterocycles. The van der Waals surface area contributed by atoms with Crippen molar-refractivity contribution >= 4 is 21.5 Å². The molecule has 0 bridgehead atoms. The van der Waals surface area contributed by atoms with E-state index >= 15 is 0 Å². The van der Waals surface area contributed by atoms with E-state index in [1.54, 1.807) is 18.2 Å². The highest BCUT2D eigenvalue weighted by Gasteiger charge is 2.11. The molecule has 0 amide bonds. The van der Waals surface area contributed by atoms with E-state index in [9.17, 15) is 13.2 Å². The molecule has 1 aromatic rings. The van der Waals surface area contributed by atoms with Crippen LogP contribution in [0.4, 0.5) is 5.69 Å². The largest absolute Gasteiger partial charge is 0.491 e. The summed E-state index contributed by atoms with van der Waals surface area (Å²) in [5.41, 5.74) is 0.857. The van der Waals surface area contributed by atoms with E-state index in [1.807, 2.05) is 0 Å². The average molecular weight is 313 g/mol. The molecule has 1 aromatic carbocycles. The van der Waals surface area contributed by atoms with Crippen LogP contribution in [0.5, 0.6) is 5.75 Å². The van der Waals surface area contributed by atoms with Crippen molar-refractivity contribution in [3.8, 4) is 5.75 Å². The van der Waals surface area contributed by atoms with Crippen molar-refractivity contribution in [1.82, 2.24) is 0 Å². The molecular weight excluding hydrogens is 290 g/mol. The summed E-state index contributed by atoms with van der Waals surface area (Å²) in [7, 11) is -3.39. The third-order valence-corrected chi connectivity index (χ3v) is 3.53. The predicted octanol–water partition coefficient (Wildman–Crippen LogP) is 3.22. The van der Waals surface area contributed by atoms with Gasteiger partial charge in [-0.05, 0) is 31.5 Å². The van der Waals surface area contributed by atoms with E-state index in [4.69, 9.17) is 4.74 Å². The van der Waals surface area contributed by atoms with Crippen LogP contribution in [0, 0.1) is 0 Å². The van der Waals surface area contributed by atoms with Crippen molar-refractivity contribution in [3.05, 3.63) is 23.8 Å². The average Bonchev–Trinajstić information content (AvgIpc) is 2.38. The van der Waals surface area contributed by atoms with Gasteiger partial charge in [0.25, 0.3) is 0 Å². The van der Waals surface area contributed by atoms with Crippen molar-refractivity contribution in [2.24, 2.45) is 0 Å². The molecule has 0 heterocycles. The highest BCUT2D eigenvalue weighted by Crippen LogP contribution is 2.27. The molecule has 0 fully saturated rings. The zero-order chi connectivity index (χ0) is 15.9. The van der Waals surface area contributed by atoms with Crippen LogP contribution < -0.4 is 9.46 Å². The van der Waals surface area contributed by atoms with Crippen molar-refractivity contribution in [3.63, 3.8) is 0 Å². The van der Waals surface area contributed by atoms with E-state index in [2.05, 4.69) is 11.6 Å². The van der Waals surface area contributed by atoms with Gasteiger partial charge < -0.3 is 4.74 Å². The monoisotopic (exact) mass is 313 g/mol. The molecule has 1 rings (SSSR count). The first-order chi connectivity index (χ1) is 9.83. The van der Waals surface area contributed by atoms with Gasteiger partial charge in [-0.3, -0.25) is 9.52 Å². The van der Waals surface area contributed by atoms with Crippen LogP contribution >= 0.6 is 0 Å². The number of benzene rings is 1. The number of hydrogen-bond acceptors (Lipinski definition) is 4. The summed E-state index contributed by atoms with van der Waals surface area (Å²) in [6.45, 7) is 4.09. The number of carbonyl (C=O) groups excluding carboxylic acids is 1. The van der Waals surface area contributed by atoms with E-state index in [0.717, 1.165) is 31.9 Å². The number of ketones is 1. The molecular formula is C15H23NO4S. The maximum atomic E-state index is 11.4. The van der Waals surface area contributed by atoms with Crippen LogP contribution in [-0.4, -0.2) is 27.1 Å². The fraction of sp³-hybridized carbons (Fsp3) is 0.533. The topological polar surface area (TPSA) is 72.5 Å². The van der Waals surface area contributed by atoms with Crippen LogP contribution in [-0.2, 0) is 10.0 Å². The number of anilines is 1. The Morgan fingerprint density at radius 2 is 1.95 bits per heavy atom. The van der Waals surface area contributed by atoms with Gasteiger partial charge in [0.05, 0.1) is 18.6 Å². The molecule has 0 radical (unpaired) electrons. The number of Topliss-reactive ketones (excluding diaryl/α,β-unsaturated/α-hetero) is 1. The standard InChI is InChI=1S/C15H23NO4S/c1-4-5-6-7-10-20-15-11-13(12(2)17)8-9-14(15)16-21(3,18)19/h8-9,11,16H,4-7,10H2,1-3H3. The molecule has 0 aliphatic carbocycles. The van der Waals surface area contributed by atoms with Crippen molar-refractivity contribution in [2.45, 2.75) is 39.5 Å². The Balaban J connectivity index is 2.84. The molecule has 6 heteroatoms. The Morgan fingerprint density at radius 1 is 1.24 bits per heavy atom. The van der Waals surface area contributed by atoms with Crippen LogP contribution in [0.1, 0.15) is 49.9 Å². The Hall–Kier alpha value is -1.56. The molecule has 0 spiro atoms. The molecule has 0 unspecified atom stereocenters. The predicted molar refractivity (Wildman–Crippen MR) is 84.6 cm³/mol. The maximum Gasteiger partial charge on any atom is 0.229 e. The fourth-order valence-corrected chi connectivity index (χ4v) is 2.42. The molecule has 0 aliphatic heterocycles. The van der Waals surface area contributed by atoms with E-state index in [1.165, 1.54) is 6.92 Å². The van der Waals surface area contributed by atoms with Crippen molar-refractivity contribution in [2.75, 3.05) is 17.6 Å². The molecule has 21 heavy (non-hydrogen) atoms. The summed E-state index contributed by atoms with van der Waals surface area (Å²) in [5, 5.41) is 0. The number of hydrogen-bond donors (Lipinski definition) is 1. The van der Waals surface area contributed by atoms with Gasteiger partial charge in [0.1, 0.15) is 5.75 Å². The van der Waals surface area contributed by atoms with Gasteiger partial charge in [-0.1, -0.05) is 26.2 Å². The molecule has 118 valence electrons. The Bertz CT molecular complexity index is 581. The third-order valence-electron chi connectivity index (χ3n) is 2.94. The number of ether oxygens (including phenoxy) is 1. The summed E-state index contributed by atoms with van der Waals surface area (Å²) < 4.78 is 30.8. The lowest BCUT2D eigenvalue weighted by molar-refractivity contribution is 0.101. The van der Waals surface area contributed by atoms with Gasteiger partial charge in [0.2, 0.25) is 10.0 Å². The van der Waals surface area contributed by atoms with Gasteiger partial charge >= 0.3 is 0 Å². The number of unbranched alkanes of at least 4 members (excludes halogenated alkanes) is 3. The highest BCUT2D eigenvalue weighted by molar-refractivity contribution is 7.92. The minimum absolute atomic E-state index is 0.0864. The smallest absolute Gasteiger partial charge is 0.229 e. The number of carbonyl (C=O) groups is 1. The van der Waals surface area contributed by atoms with Crippen LogP contribution in [0.2, 0.25) is 0 Å². The SMILES string of the molecule is CCCCCCOc1cc(C(C)=O)ccc1NS(C)(=O)=O. The lowest BCUT2D eigenvalue weighted by Gasteiger charge is -2.13. The number of nitrogens with one attached hydrogen (secondary N) is 1. The van der Waals surface area contributed by atoms with Crippen molar-refractivity contribution < 1.29 is 17.9 Å². The first kappa shape index (κ1) is 17.5. The van der Waals surface area contributed by atoms with Gasteiger partial charge in [0, 0.05) is 5.56 Å². The lowest BCUT2D eigenvalue weighted by Crippen LogP contribution is -2.11. The summed E-state index contributed by atoms with van der Waals surface area (Å²) in [5.74, 6) is 0.307. The van der Waals surface area contributed by atoms with E-state index < -0.39 is 10.0 Å². The van der Waals surface area contributed by atoms with Crippen LogP contribution in [0.25, 0.3) is 0 Å². The molecule has 0 saturated carbocycles. The second-order valence-corrected chi connectivity index (χ2v) is 6.80. The zero-order valence-electron chi connectivity index (χ0n) is 12.8. The lowest BCUT2D eigenvalue weighted by atomic mass is 10.1. The Morgan fingerprint density at radius 3 is 2.52 bits per heavy atom. The fourth-order valence-electron chi connectivity index (χ4n) is 1.86. The van der Waals surface area contributed by atoms with Gasteiger partial charge in [0.15, 0.2) is 5.78 Å². The molecule has 1 N–H and O–H groups in total. The second kappa shape index (κ2) is 8.02. The van der Waals surface area contributed by atoms with E-state index in [-0.39, 0.29) is 5.78 Å². The van der Waals surface area contributed by atoms with E-state index in [0.29, 0.717) is 23.6 Å². The quantitative estimate of drug-likeness (QED) is 0.561. The zero-order valence-corrected chi connectivity index (χ0v) is 13.6. The summed E-state index contributed by atoms with van der Waals surface area (Å²) >= 11 is 0. The highest BCUT2D eigenvalue weighted by atomic mass is 32.2. The molecule has 0 atom stereocenters. The van der Waals surface area contributed by atoms with Crippen LogP contribution in [0.15, 0.2) is 18.2 Å². The summed E-state index contributed by atoms with van der Waals surface area (Å²) in [4.78, 5) is 11.4. The van der Waals surface area contributed by atoms with Gasteiger partial charge in [-0.2, -0.15) is 0 Å². The van der Waals surface area contributed by atoms with Gasteiger partial charge in [-0.15, -0.1) is 0 Å². The molecule has 0 aromatic heterocycles. The Kier molecular flexibility index (Phi) is 6.68. The first-order valence-electron chi connectivity index (χ1n) is 7.09. The maximum absolute atomic E-state index is 11.4. The second-order valence-electron chi connectivity index (χ2n) is 5.05. The molecule has 5 nitrogen and oxygen atoms in total. The number of rotatable bonds is 9. The third kappa shape index (κ3) is 6.62. The molecule has 0 aliphatic rings. The van der Waals surface area contributed by atoms with Crippen molar-refractivity contribution in [1.29, 1.82) is 0 Å². The first-order valence-corrected chi connectivity index (χ1v) is 8.98.